The van der Waals surface area contributed by atoms with Crippen LogP contribution in [0.5, 0.6) is 0 Å². The molecule has 0 amide bonds. The quantitative estimate of drug-likeness (QED) is 0.194. The van der Waals surface area contributed by atoms with Gasteiger partial charge in [0.05, 0.1) is 22.7 Å². The number of hydrogen-bond donors (Lipinski definition) is 0. The van der Waals surface area contributed by atoms with Crippen molar-refractivity contribution in [3.05, 3.63) is 90.7 Å². The lowest BCUT2D eigenvalue weighted by atomic mass is 10.2. The van der Waals surface area contributed by atoms with E-state index in [4.69, 9.17) is 0 Å². The summed E-state index contributed by atoms with van der Waals surface area (Å²) in [5.41, 5.74) is 4.62. The first-order chi connectivity index (χ1) is 15.5. The molecular formula is C24H12Br4N2S2. The van der Waals surface area contributed by atoms with E-state index in [-0.39, 0.29) is 0 Å². The summed E-state index contributed by atoms with van der Waals surface area (Å²) in [5.74, 6) is 0. The van der Waals surface area contributed by atoms with E-state index in [1.807, 2.05) is 0 Å². The lowest BCUT2D eigenvalue weighted by Gasteiger charge is -2.44. The number of hydrogen-bond acceptors (Lipinski definition) is 4. The van der Waals surface area contributed by atoms with Gasteiger partial charge in [0.1, 0.15) is 0 Å². The van der Waals surface area contributed by atoms with E-state index in [0.29, 0.717) is 0 Å². The number of rotatable bonds is 1. The van der Waals surface area contributed by atoms with Crippen molar-refractivity contribution in [2.24, 2.45) is 0 Å². The minimum absolute atomic E-state index is 1.07. The van der Waals surface area contributed by atoms with Gasteiger partial charge in [0.25, 0.3) is 0 Å². The van der Waals surface area contributed by atoms with Gasteiger partial charge < -0.3 is 0 Å². The van der Waals surface area contributed by atoms with Crippen molar-refractivity contribution in [2.45, 2.75) is 19.6 Å². The fourth-order valence-electron chi connectivity index (χ4n) is 3.91. The van der Waals surface area contributed by atoms with Gasteiger partial charge >= 0.3 is 0 Å². The normalized spacial score (nSPS) is 13.9. The van der Waals surface area contributed by atoms with Crippen molar-refractivity contribution >= 4 is 110 Å². The van der Waals surface area contributed by atoms with E-state index < -0.39 is 0 Å². The number of benzene rings is 4. The summed E-state index contributed by atoms with van der Waals surface area (Å²) >= 11 is 18.2. The molecule has 6 rings (SSSR count). The molecule has 4 aromatic rings. The van der Waals surface area contributed by atoms with Gasteiger partial charge in [-0.2, -0.15) is 0 Å². The topological polar surface area (TPSA) is 6.48 Å². The van der Waals surface area contributed by atoms with Crippen LogP contribution in [0.15, 0.2) is 110 Å². The molecule has 0 unspecified atom stereocenters. The Morgan fingerprint density at radius 3 is 0.906 bits per heavy atom. The maximum absolute atomic E-state index is 3.66. The van der Waals surface area contributed by atoms with Crippen molar-refractivity contribution in [2.75, 3.05) is 10.0 Å². The van der Waals surface area contributed by atoms with Gasteiger partial charge in [0.15, 0.2) is 0 Å². The van der Waals surface area contributed by atoms with Crippen LogP contribution in [-0.2, 0) is 0 Å². The molecule has 2 aliphatic heterocycles. The van der Waals surface area contributed by atoms with E-state index in [9.17, 15) is 0 Å². The first-order valence-electron chi connectivity index (χ1n) is 9.62. The van der Waals surface area contributed by atoms with Crippen LogP contribution in [0.1, 0.15) is 0 Å². The second-order valence-corrected chi connectivity index (χ2v) is 13.1. The van der Waals surface area contributed by atoms with Gasteiger partial charge in [-0.05, 0) is 72.8 Å². The summed E-state index contributed by atoms with van der Waals surface area (Å²) in [6, 6.07) is 26.0. The Bertz CT molecular complexity index is 1200. The Balaban J connectivity index is 1.65. The van der Waals surface area contributed by atoms with Crippen molar-refractivity contribution < 1.29 is 0 Å². The molecule has 0 aromatic heterocycles. The number of hydrazine groups is 1. The Morgan fingerprint density at radius 2 is 0.656 bits per heavy atom. The minimum atomic E-state index is 1.07. The fourth-order valence-corrected chi connectivity index (χ4v) is 8.21. The third kappa shape index (κ3) is 3.67. The molecule has 0 fully saturated rings. The molecule has 2 heterocycles. The molecule has 32 heavy (non-hydrogen) atoms. The maximum atomic E-state index is 3.66. The van der Waals surface area contributed by atoms with Gasteiger partial charge in [-0.25, -0.2) is 10.0 Å². The van der Waals surface area contributed by atoms with Crippen LogP contribution in [0.25, 0.3) is 0 Å². The Labute approximate surface area is 228 Å². The molecule has 4 aromatic carbocycles. The van der Waals surface area contributed by atoms with Crippen LogP contribution in [0.4, 0.5) is 22.7 Å². The average Bonchev–Trinajstić information content (AvgIpc) is 2.75. The Hall–Kier alpha value is -0.900. The molecular weight excluding hydrogens is 700 g/mol. The summed E-state index contributed by atoms with van der Waals surface area (Å²) in [7, 11) is 0. The first kappa shape index (κ1) is 21.6. The zero-order valence-electron chi connectivity index (χ0n) is 16.2. The number of fused-ring (bicyclic) bond motifs is 4. The van der Waals surface area contributed by atoms with Gasteiger partial charge in [0, 0.05) is 37.5 Å². The SMILES string of the molecule is Brc1ccc2c(c1)Sc1cc(Br)ccc1N2N1c2ccc(Br)cc2Sc2cc(Br)ccc21. The standard InChI is InChI=1S/C24H12Br4N2S2/c25-13-1-5-17-21(9-13)31-22-10-14(26)2-6-18(22)29(17)30-19-7-3-15(27)11-23(19)32-24-12-16(28)4-8-20(24)30/h1-12H. The lowest BCUT2D eigenvalue weighted by Crippen LogP contribution is -2.39. The Morgan fingerprint density at radius 1 is 0.406 bits per heavy atom. The molecule has 2 aliphatic rings. The van der Waals surface area contributed by atoms with Crippen molar-refractivity contribution in [3.63, 3.8) is 0 Å². The van der Waals surface area contributed by atoms with Crippen LogP contribution in [0.3, 0.4) is 0 Å². The number of halogens is 4. The summed E-state index contributed by atoms with van der Waals surface area (Å²) in [4.78, 5) is 4.84. The van der Waals surface area contributed by atoms with Crippen molar-refractivity contribution in [1.82, 2.24) is 0 Å². The molecule has 0 saturated carbocycles. The summed E-state index contributed by atoms with van der Waals surface area (Å²) in [5, 5.41) is 4.69. The molecule has 0 radical (unpaired) electrons. The van der Waals surface area contributed by atoms with E-state index in [2.05, 4.69) is 147 Å². The summed E-state index contributed by atoms with van der Waals surface area (Å²) in [6.45, 7) is 0. The second kappa shape index (κ2) is 8.40. The smallest absolute Gasteiger partial charge is 0.0777 e. The van der Waals surface area contributed by atoms with Crippen LogP contribution in [-0.4, -0.2) is 0 Å². The average molecular weight is 712 g/mol. The van der Waals surface area contributed by atoms with Gasteiger partial charge in [-0.3, -0.25) is 0 Å². The van der Waals surface area contributed by atoms with Gasteiger partial charge in [-0.15, -0.1) is 0 Å². The number of anilines is 4. The van der Waals surface area contributed by atoms with Crippen molar-refractivity contribution in [3.8, 4) is 0 Å². The van der Waals surface area contributed by atoms with Crippen LogP contribution in [0.2, 0.25) is 0 Å². The highest BCUT2D eigenvalue weighted by atomic mass is 79.9. The molecule has 0 aliphatic carbocycles. The number of nitrogens with zero attached hydrogens (tertiary/aromatic N) is 2. The predicted molar refractivity (Wildman–Crippen MR) is 149 cm³/mol. The lowest BCUT2D eigenvalue weighted by molar-refractivity contribution is 0.919. The molecule has 158 valence electrons. The highest BCUT2D eigenvalue weighted by Crippen LogP contribution is 2.56. The third-order valence-electron chi connectivity index (χ3n) is 5.24. The maximum Gasteiger partial charge on any atom is 0.0777 e. The zero-order chi connectivity index (χ0) is 22.0. The molecule has 0 spiro atoms. The highest BCUT2D eigenvalue weighted by molar-refractivity contribution is 9.11. The first-order valence-corrected chi connectivity index (χ1v) is 14.4. The van der Waals surface area contributed by atoms with Crippen LogP contribution < -0.4 is 10.0 Å². The summed E-state index contributed by atoms with van der Waals surface area (Å²) in [6.07, 6.45) is 0. The van der Waals surface area contributed by atoms with Gasteiger partial charge in [-0.1, -0.05) is 87.2 Å². The Kier molecular flexibility index (Phi) is 5.67. The largest absolute Gasteiger partial charge is 0.247 e. The second-order valence-electron chi connectivity index (χ2n) is 7.28. The zero-order valence-corrected chi connectivity index (χ0v) is 24.1. The molecule has 2 nitrogen and oxygen atoms in total. The summed E-state index contributed by atoms with van der Waals surface area (Å²) < 4.78 is 4.30. The fraction of sp³-hybridized carbons (Fsp3) is 0. The van der Waals surface area contributed by atoms with E-state index in [1.165, 1.54) is 19.6 Å². The highest BCUT2D eigenvalue weighted by Gasteiger charge is 2.34. The van der Waals surface area contributed by atoms with E-state index in [1.54, 1.807) is 23.5 Å². The molecule has 8 heteroatoms. The molecule has 0 N–H and O–H groups in total. The monoisotopic (exact) mass is 708 g/mol. The van der Waals surface area contributed by atoms with Crippen molar-refractivity contribution in [1.29, 1.82) is 0 Å². The minimum Gasteiger partial charge on any atom is -0.247 e. The van der Waals surface area contributed by atoms with E-state index in [0.717, 1.165) is 40.6 Å². The van der Waals surface area contributed by atoms with E-state index >= 15 is 0 Å². The molecule has 0 saturated heterocycles. The third-order valence-corrected chi connectivity index (χ3v) is 9.40. The molecule has 0 atom stereocenters. The van der Waals surface area contributed by atoms with Crippen LogP contribution in [0, 0.1) is 0 Å². The molecule has 0 bridgehead atoms. The van der Waals surface area contributed by atoms with Crippen LogP contribution >= 0.6 is 87.2 Å². The predicted octanol–water partition coefficient (Wildman–Crippen LogP) is 10.6. The van der Waals surface area contributed by atoms with Gasteiger partial charge in [0.2, 0.25) is 0 Å².